The van der Waals surface area contributed by atoms with Crippen LogP contribution < -0.4 is 0 Å². The number of para-hydroxylation sites is 2. The fourth-order valence-electron chi connectivity index (χ4n) is 6.83. The van der Waals surface area contributed by atoms with E-state index < -0.39 is 0 Å². The van der Waals surface area contributed by atoms with Crippen molar-refractivity contribution in [1.29, 1.82) is 0 Å². The molecule has 210 valence electrons. The van der Waals surface area contributed by atoms with Gasteiger partial charge in [0.2, 0.25) is 0 Å². The monoisotopic (exact) mass is 593 g/mol. The highest BCUT2D eigenvalue weighted by molar-refractivity contribution is 7.26. The van der Waals surface area contributed by atoms with Gasteiger partial charge in [-0.15, -0.1) is 11.3 Å². The fourth-order valence-corrected chi connectivity index (χ4v) is 7.94. The van der Waals surface area contributed by atoms with Crippen molar-refractivity contribution in [1.82, 2.24) is 14.5 Å². The molecule has 10 rings (SSSR count). The molecule has 4 heterocycles. The Morgan fingerprint density at radius 2 is 1.31 bits per heavy atom. The van der Waals surface area contributed by atoms with Crippen LogP contribution in [0.1, 0.15) is 0 Å². The van der Waals surface area contributed by atoms with E-state index in [1.165, 1.54) is 42.0 Å². The zero-order valence-corrected chi connectivity index (χ0v) is 24.8. The van der Waals surface area contributed by atoms with E-state index in [-0.39, 0.29) is 0 Å². The van der Waals surface area contributed by atoms with E-state index in [1.807, 2.05) is 47.7 Å². The third kappa shape index (κ3) is 3.59. The summed E-state index contributed by atoms with van der Waals surface area (Å²) >= 11 is 1.85. The first-order valence-corrected chi connectivity index (χ1v) is 15.8. The molecule has 5 heteroatoms. The average Bonchev–Trinajstić information content (AvgIpc) is 3.78. The Morgan fingerprint density at radius 3 is 2.22 bits per heavy atom. The van der Waals surface area contributed by atoms with Crippen molar-refractivity contribution in [2.45, 2.75) is 0 Å². The minimum Gasteiger partial charge on any atom is -0.452 e. The molecule has 0 aliphatic carbocycles. The van der Waals surface area contributed by atoms with Crippen molar-refractivity contribution in [3.05, 3.63) is 140 Å². The Morgan fingerprint density at radius 1 is 0.556 bits per heavy atom. The summed E-state index contributed by atoms with van der Waals surface area (Å²) in [6.45, 7) is 0. The average molecular weight is 594 g/mol. The van der Waals surface area contributed by atoms with E-state index >= 15 is 0 Å². The normalized spacial score (nSPS) is 12.0. The number of rotatable bonds is 3. The number of aromatic nitrogens is 3. The van der Waals surface area contributed by atoms with E-state index in [0.29, 0.717) is 11.4 Å². The molecule has 0 saturated carbocycles. The highest BCUT2D eigenvalue weighted by Gasteiger charge is 2.20. The number of fused-ring (bicyclic) bond motifs is 10. The Bertz CT molecular complexity index is 2770. The molecule has 0 atom stereocenters. The SMILES string of the molecule is c1ccc(-c2nc(-c3cccc(-n4c5ccccc5c5ccc6sc7ccccc7c6c54)c3)nc3c2oc2ccccc23)cc1. The lowest BCUT2D eigenvalue weighted by Crippen LogP contribution is -1.97. The van der Waals surface area contributed by atoms with E-state index in [0.717, 1.165) is 39.0 Å². The molecule has 0 saturated heterocycles. The maximum Gasteiger partial charge on any atom is 0.180 e. The lowest BCUT2D eigenvalue weighted by Gasteiger charge is -2.11. The van der Waals surface area contributed by atoms with Crippen molar-refractivity contribution >= 4 is 75.4 Å². The van der Waals surface area contributed by atoms with Crippen molar-refractivity contribution in [2.24, 2.45) is 0 Å². The second-order valence-electron chi connectivity index (χ2n) is 11.4. The third-order valence-corrected chi connectivity index (χ3v) is 9.94. The van der Waals surface area contributed by atoms with Gasteiger partial charge < -0.3 is 8.98 Å². The first-order chi connectivity index (χ1) is 22.3. The molecule has 0 spiro atoms. The van der Waals surface area contributed by atoms with E-state index in [4.69, 9.17) is 14.4 Å². The first kappa shape index (κ1) is 24.6. The Hall–Kier alpha value is -5.78. The predicted octanol–water partition coefficient (Wildman–Crippen LogP) is 11.2. The van der Waals surface area contributed by atoms with Crippen LogP contribution in [0.25, 0.3) is 92.4 Å². The van der Waals surface area contributed by atoms with Crippen molar-refractivity contribution < 1.29 is 4.42 Å². The van der Waals surface area contributed by atoms with E-state index in [9.17, 15) is 0 Å². The van der Waals surface area contributed by atoms with Crippen molar-refractivity contribution in [3.63, 3.8) is 0 Å². The van der Waals surface area contributed by atoms with Crippen LogP contribution in [0.5, 0.6) is 0 Å². The summed E-state index contributed by atoms with van der Waals surface area (Å²) in [5, 5.41) is 6.06. The molecule has 4 aromatic heterocycles. The van der Waals surface area contributed by atoms with E-state index in [2.05, 4.69) is 108 Å². The van der Waals surface area contributed by atoms with Gasteiger partial charge in [0, 0.05) is 53.1 Å². The second kappa shape index (κ2) is 9.36. The van der Waals surface area contributed by atoms with Crippen molar-refractivity contribution in [3.8, 4) is 28.3 Å². The van der Waals surface area contributed by atoms with Crippen molar-refractivity contribution in [2.75, 3.05) is 0 Å². The first-order valence-electron chi connectivity index (χ1n) is 15.0. The van der Waals surface area contributed by atoms with Crippen LogP contribution in [0.15, 0.2) is 144 Å². The molecule has 0 radical (unpaired) electrons. The molecular weight excluding hydrogens is 571 g/mol. The summed E-state index contributed by atoms with van der Waals surface area (Å²) in [7, 11) is 0. The standard InChI is InChI=1S/C40H23N3OS/c1-2-11-24(12-3-1)36-39-37(29-16-5-8-19-32(29)44-39)42-40(41-36)25-13-10-14-26(23-25)43-31-18-7-4-15-27(31)28-21-22-34-35(38(28)43)30-17-6-9-20-33(30)45-34/h1-23H. The summed E-state index contributed by atoms with van der Waals surface area (Å²) in [4.78, 5) is 10.3. The van der Waals surface area contributed by atoms with Gasteiger partial charge >= 0.3 is 0 Å². The quantitative estimate of drug-likeness (QED) is 0.205. The predicted molar refractivity (Wildman–Crippen MR) is 187 cm³/mol. The Balaban J connectivity index is 1.27. The van der Waals surface area contributed by atoms with Crippen LogP contribution in [-0.2, 0) is 0 Å². The molecule has 0 fully saturated rings. The lowest BCUT2D eigenvalue weighted by molar-refractivity contribution is 0.667. The Kier molecular flexibility index (Phi) is 5.12. The number of hydrogen-bond acceptors (Lipinski definition) is 4. The number of nitrogens with zero attached hydrogens (tertiary/aromatic N) is 3. The minimum absolute atomic E-state index is 0.668. The van der Waals surface area contributed by atoms with Crippen LogP contribution >= 0.6 is 11.3 Å². The summed E-state index contributed by atoms with van der Waals surface area (Å²) in [5.41, 5.74) is 8.55. The second-order valence-corrected chi connectivity index (χ2v) is 12.5. The van der Waals surface area contributed by atoms with Gasteiger partial charge in [-0.25, -0.2) is 9.97 Å². The molecule has 0 N–H and O–H groups in total. The molecule has 0 unspecified atom stereocenters. The molecule has 0 aliphatic heterocycles. The van der Waals surface area contributed by atoms with Crippen LogP contribution in [0.3, 0.4) is 0 Å². The highest BCUT2D eigenvalue weighted by atomic mass is 32.1. The number of thiophene rings is 1. The van der Waals surface area contributed by atoms with Gasteiger partial charge in [0.05, 0.1) is 11.0 Å². The van der Waals surface area contributed by atoms with Gasteiger partial charge in [-0.05, 0) is 42.5 Å². The fraction of sp³-hybridized carbons (Fsp3) is 0. The molecule has 6 aromatic carbocycles. The molecule has 0 amide bonds. The zero-order chi connectivity index (χ0) is 29.5. The number of furan rings is 1. The largest absolute Gasteiger partial charge is 0.452 e. The van der Waals surface area contributed by atoms with Gasteiger partial charge in [0.25, 0.3) is 0 Å². The van der Waals surface area contributed by atoms with Crippen LogP contribution in [0.2, 0.25) is 0 Å². The van der Waals surface area contributed by atoms with Gasteiger partial charge in [0.15, 0.2) is 11.4 Å². The lowest BCUT2D eigenvalue weighted by atomic mass is 10.1. The molecule has 4 nitrogen and oxygen atoms in total. The smallest absolute Gasteiger partial charge is 0.180 e. The van der Waals surface area contributed by atoms with E-state index in [1.54, 1.807) is 0 Å². The molecule has 0 aliphatic rings. The maximum atomic E-state index is 6.35. The molecular formula is C40H23N3OS. The maximum absolute atomic E-state index is 6.35. The molecule has 45 heavy (non-hydrogen) atoms. The molecule has 10 aromatic rings. The van der Waals surface area contributed by atoms with Crippen LogP contribution in [0.4, 0.5) is 0 Å². The molecule has 0 bridgehead atoms. The summed E-state index contributed by atoms with van der Waals surface area (Å²) in [6.07, 6.45) is 0. The number of hydrogen-bond donors (Lipinski definition) is 0. The number of benzene rings is 6. The third-order valence-electron chi connectivity index (χ3n) is 8.80. The Labute approximate surface area is 261 Å². The van der Waals surface area contributed by atoms with Gasteiger partial charge in [-0.2, -0.15) is 0 Å². The summed E-state index contributed by atoms with van der Waals surface area (Å²) in [5.74, 6) is 0.668. The summed E-state index contributed by atoms with van der Waals surface area (Å²) < 4.78 is 11.4. The van der Waals surface area contributed by atoms with Gasteiger partial charge in [-0.1, -0.05) is 97.1 Å². The van der Waals surface area contributed by atoms with Crippen LogP contribution in [0, 0.1) is 0 Å². The van der Waals surface area contributed by atoms with Crippen LogP contribution in [-0.4, -0.2) is 14.5 Å². The minimum atomic E-state index is 0.668. The zero-order valence-electron chi connectivity index (χ0n) is 23.9. The summed E-state index contributed by atoms with van der Waals surface area (Å²) in [6, 6.07) is 48.9. The topological polar surface area (TPSA) is 43.9 Å². The van der Waals surface area contributed by atoms with Gasteiger partial charge in [-0.3, -0.25) is 0 Å². The highest BCUT2D eigenvalue weighted by Crippen LogP contribution is 2.43. The van der Waals surface area contributed by atoms with Gasteiger partial charge in [0.1, 0.15) is 16.8 Å².